The molecule has 1 heterocycles. The van der Waals surface area contributed by atoms with Gasteiger partial charge in [0.25, 0.3) is 5.91 Å². The van der Waals surface area contributed by atoms with Gasteiger partial charge in [-0.05, 0) is 36.2 Å². The number of imidazole rings is 1. The molecule has 1 aromatic heterocycles. The van der Waals surface area contributed by atoms with E-state index in [-0.39, 0.29) is 16.8 Å². The van der Waals surface area contributed by atoms with Crippen molar-refractivity contribution in [3.63, 3.8) is 0 Å². The summed E-state index contributed by atoms with van der Waals surface area (Å²) < 4.78 is 26.6. The molecular formula is C23H28N4O3S. The van der Waals surface area contributed by atoms with Crippen LogP contribution in [0.5, 0.6) is 0 Å². The molecule has 3 rings (SSSR count). The van der Waals surface area contributed by atoms with E-state index in [1.165, 1.54) is 28.6 Å². The lowest BCUT2D eigenvalue weighted by molar-refractivity contribution is 0.0933. The maximum absolute atomic E-state index is 12.8. The normalized spacial score (nSPS) is 12.6. The predicted octanol–water partition coefficient (Wildman–Crippen LogP) is 3.99. The molecule has 164 valence electrons. The fourth-order valence-corrected chi connectivity index (χ4v) is 4.83. The molecule has 0 radical (unpaired) electrons. The van der Waals surface area contributed by atoms with Crippen molar-refractivity contribution in [1.29, 1.82) is 0 Å². The number of aromatic nitrogens is 2. The molecular weight excluding hydrogens is 412 g/mol. The first-order chi connectivity index (χ1) is 14.9. The summed E-state index contributed by atoms with van der Waals surface area (Å²) in [5.41, 5.74) is 2.30. The van der Waals surface area contributed by atoms with Gasteiger partial charge in [0.1, 0.15) is 5.82 Å². The van der Waals surface area contributed by atoms with Gasteiger partial charge in [0, 0.05) is 18.7 Å². The highest BCUT2D eigenvalue weighted by Crippen LogP contribution is 2.21. The number of nitrogens with zero attached hydrogens (tertiary/aromatic N) is 2. The van der Waals surface area contributed by atoms with Crippen LogP contribution in [0, 0.1) is 0 Å². The van der Waals surface area contributed by atoms with Gasteiger partial charge in [0.15, 0.2) is 0 Å². The largest absolute Gasteiger partial charge is 0.342 e. The second kappa shape index (κ2) is 9.89. The summed E-state index contributed by atoms with van der Waals surface area (Å²) in [6, 6.07) is 15.6. The number of hydrogen-bond donors (Lipinski definition) is 2. The molecule has 0 saturated heterocycles. The van der Waals surface area contributed by atoms with E-state index in [9.17, 15) is 13.2 Å². The van der Waals surface area contributed by atoms with Crippen LogP contribution in [-0.2, 0) is 10.0 Å². The predicted molar refractivity (Wildman–Crippen MR) is 121 cm³/mol. The fourth-order valence-electron chi connectivity index (χ4n) is 3.37. The van der Waals surface area contributed by atoms with Crippen molar-refractivity contribution in [3.05, 3.63) is 72.2 Å². The maximum atomic E-state index is 12.8. The molecule has 7 nitrogen and oxygen atoms in total. The van der Waals surface area contributed by atoms with Crippen molar-refractivity contribution in [3.8, 4) is 11.3 Å². The van der Waals surface area contributed by atoms with E-state index in [1.54, 1.807) is 20.0 Å². The summed E-state index contributed by atoms with van der Waals surface area (Å²) in [4.78, 5) is 20.7. The molecule has 2 N–H and O–H groups in total. The van der Waals surface area contributed by atoms with Crippen LogP contribution in [0.15, 0.2) is 65.7 Å². The second-order valence-electron chi connectivity index (χ2n) is 7.10. The smallest absolute Gasteiger partial charge is 0.251 e. The number of nitrogens with one attached hydrogen (secondary N) is 2. The Morgan fingerprint density at radius 3 is 2.26 bits per heavy atom. The zero-order valence-corrected chi connectivity index (χ0v) is 18.8. The van der Waals surface area contributed by atoms with Crippen LogP contribution in [0.4, 0.5) is 0 Å². The Kier molecular flexibility index (Phi) is 7.25. The molecule has 0 fully saturated rings. The Labute approximate surface area is 183 Å². The summed E-state index contributed by atoms with van der Waals surface area (Å²) in [7, 11) is -3.55. The van der Waals surface area contributed by atoms with E-state index in [4.69, 9.17) is 0 Å². The quantitative estimate of drug-likeness (QED) is 0.526. The average Bonchev–Trinajstić information content (AvgIpc) is 3.29. The van der Waals surface area contributed by atoms with E-state index < -0.39 is 10.0 Å². The SMILES string of the molecule is CCC(NC(=O)c1ccc(S(=O)(=O)N(CC)CC)cc1)c1ncc(-c2ccccc2)[nH]1. The molecule has 1 unspecified atom stereocenters. The lowest BCUT2D eigenvalue weighted by Crippen LogP contribution is -2.31. The number of rotatable bonds is 9. The van der Waals surface area contributed by atoms with Crippen LogP contribution >= 0.6 is 0 Å². The third-order valence-electron chi connectivity index (χ3n) is 5.18. The molecule has 0 aliphatic heterocycles. The Balaban J connectivity index is 1.74. The molecule has 0 bridgehead atoms. The van der Waals surface area contributed by atoms with Gasteiger partial charge in [-0.1, -0.05) is 51.1 Å². The molecule has 0 aliphatic carbocycles. The lowest BCUT2D eigenvalue weighted by atomic mass is 10.1. The third-order valence-corrected chi connectivity index (χ3v) is 7.25. The first kappa shape index (κ1) is 22.7. The molecule has 0 aliphatic rings. The maximum Gasteiger partial charge on any atom is 0.251 e. The standard InChI is InChI=1S/C23H28N4O3S/c1-4-20(22-24-16-21(25-22)17-10-8-7-9-11-17)26-23(28)18-12-14-19(15-13-18)31(29,30)27(5-2)6-3/h7-16,20H,4-6H2,1-3H3,(H,24,25)(H,26,28). The van der Waals surface area contributed by atoms with Gasteiger partial charge in [-0.3, -0.25) is 4.79 Å². The number of amides is 1. The number of aromatic amines is 1. The van der Waals surface area contributed by atoms with E-state index in [2.05, 4.69) is 15.3 Å². The molecule has 3 aromatic rings. The highest BCUT2D eigenvalue weighted by Gasteiger charge is 2.22. The van der Waals surface area contributed by atoms with Gasteiger partial charge in [-0.15, -0.1) is 0 Å². The zero-order valence-electron chi connectivity index (χ0n) is 18.0. The van der Waals surface area contributed by atoms with Gasteiger partial charge in [-0.2, -0.15) is 4.31 Å². The van der Waals surface area contributed by atoms with Crippen molar-refractivity contribution in [2.45, 2.75) is 38.1 Å². The van der Waals surface area contributed by atoms with Gasteiger partial charge in [0.05, 0.1) is 22.8 Å². The van der Waals surface area contributed by atoms with E-state index in [0.717, 1.165) is 11.3 Å². The second-order valence-corrected chi connectivity index (χ2v) is 9.03. The van der Waals surface area contributed by atoms with Gasteiger partial charge < -0.3 is 10.3 Å². The van der Waals surface area contributed by atoms with E-state index in [0.29, 0.717) is 30.9 Å². The molecule has 2 aromatic carbocycles. The number of H-pyrrole nitrogens is 1. The van der Waals surface area contributed by atoms with Crippen LogP contribution in [0.25, 0.3) is 11.3 Å². The topological polar surface area (TPSA) is 95.2 Å². The molecule has 0 spiro atoms. The zero-order chi connectivity index (χ0) is 22.4. The van der Waals surface area contributed by atoms with Crippen molar-refractivity contribution >= 4 is 15.9 Å². The monoisotopic (exact) mass is 440 g/mol. The molecule has 8 heteroatoms. The van der Waals surface area contributed by atoms with Crippen LogP contribution in [-0.4, -0.2) is 41.7 Å². The first-order valence-corrected chi connectivity index (χ1v) is 11.9. The van der Waals surface area contributed by atoms with Crippen molar-refractivity contribution in [2.75, 3.05) is 13.1 Å². The minimum absolute atomic E-state index is 0.179. The summed E-state index contributed by atoms with van der Waals surface area (Å²) in [5, 5.41) is 2.97. The molecule has 1 amide bonds. The minimum Gasteiger partial charge on any atom is -0.342 e. The summed E-state index contributed by atoms with van der Waals surface area (Å²) >= 11 is 0. The minimum atomic E-state index is -3.55. The Morgan fingerprint density at radius 1 is 1.03 bits per heavy atom. The third kappa shape index (κ3) is 5.03. The molecule has 1 atom stereocenters. The molecule has 0 saturated carbocycles. The van der Waals surface area contributed by atoms with Crippen molar-refractivity contribution < 1.29 is 13.2 Å². The van der Waals surface area contributed by atoms with Gasteiger partial charge >= 0.3 is 0 Å². The number of sulfonamides is 1. The fraction of sp³-hybridized carbons (Fsp3) is 0.304. The Hall–Kier alpha value is -2.97. The van der Waals surface area contributed by atoms with Crippen LogP contribution in [0.3, 0.4) is 0 Å². The Morgan fingerprint density at radius 2 is 1.68 bits per heavy atom. The van der Waals surface area contributed by atoms with Gasteiger partial charge in [-0.25, -0.2) is 13.4 Å². The summed E-state index contributed by atoms with van der Waals surface area (Å²) in [6.07, 6.45) is 2.41. The Bertz CT molecular complexity index is 1110. The number of carbonyl (C=O) groups excluding carboxylic acids is 1. The van der Waals surface area contributed by atoms with Crippen LogP contribution in [0.2, 0.25) is 0 Å². The summed E-state index contributed by atoms with van der Waals surface area (Å²) in [6.45, 7) is 6.35. The van der Waals surface area contributed by atoms with Gasteiger partial charge in [0.2, 0.25) is 10.0 Å². The lowest BCUT2D eigenvalue weighted by Gasteiger charge is -2.18. The van der Waals surface area contributed by atoms with Crippen LogP contribution in [0.1, 0.15) is 49.4 Å². The highest BCUT2D eigenvalue weighted by atomic mass is 32.2. The van der Waals surface area contributed by atoms with E-state index >= 15 is 0 Å². The van der Waals surface area contributed by atoms with Crippen LogP contribution < -0.4 is 5.32 Å². The number of benzene rings is 2. The number of carbonyl (C=O) groups is 1. The number of hydrogen-bond acceptors (Lipinski definition) is 4. The molecule has 31 heavy (non-hydrogen) atoms. The summed E-state index contributed by atoms with van der Waals surface area (Å²) in [5.74, 6) is 0.395. The van der Waals surface area contributed by atoms with Crippen molar-refractivity contribution in [2.24, 2.45) is 0 Å². The average molecular weight is 441 g/mol. The van der Waals surface area contributed by atoms with E-state index in [1.807, 2.05) is 37.3 Å². The first-order valence-electron chi connectivity index (χ1n) is 10.4. The highest BCUT2D eigenvalue weighted by molar-refractivity contribution is 7.89. The van der Waals surface area contributed by atoms with Crippen molar-refractivity contribution in [1.82, 2.24) is 19.6 Å².